The first-order valence-electron chi connectivity index (χ1n) is 11.5. The summed E-state index contributed by atoms with van der Waals surface area (Å²) in [6.45, 7) is 9.11. The molecule has 182 valence electrons. The quantitative estimate of drug-likeness (QED) is 0.529. The number of hydrogen-bond acceptors (Lipinski definition) is 8. The van der Waals surface area contributed by atoms with E-state index in [0.29, 0.717) is 23.4 Å². The van der Waals surface area contributed by atoms with Gasteiger partial charge in [-0.05, 0) is 58.2 Å². The Hall–Kier alpha value is -3.04. The predicted molar refractivity (Wildman–Crippen MR) is 133 cm³/mol. The van der Waals surface area contributed by atoms with Gasteiger partial charge in [0.2, 0.25) is 5.95 Å². The largest absolute Gasteiger partial charge is 0.467 e. The van der Waals surface area contributed by atoms with E-state index in [-0.39, 0.29) is 17.9 Å². The van der Waals surface area contributed by atoms with Crippen molar-refractivity contribution in [1.29, 1.82) is 0 Å². The van der Waals surface area contributed by atoms with Gasteiger partial charge in [-0.25, -0.2) is 4.98 Å². The molecule has 4 rings (SSSR count). The molecule has 0 bridgehead atoms. The molecule has 2 aromatic heterocycles. The van der Waals surface area contributed by atoms with Crippen molar-refractivity contribution in [3.05, 3.63) is 36.8 Å². The minimum absolute atomic E-state index is 0.0393. The van der Waals surface area contributed by atoms with Crippen LogP contribution in [-0.4, -0.2) is 63.0 Å². The number of rotatable bonds is 7. The number of nitrogens with one attached hydrogen (secondary N) is 1. The van der Waals surface area contributed by atoms with Gasteiger partial charge in [0.05, 0.1) is 12.4 Å². The van der Waals surface area contributed by atoms with E-state index in [1.807, 2.05) is 37.6 Å². The van der Waals surface area contributed by atoms with Gasteiger partial charge in [-0.1, -0.05) is 6.07 Å². The third-order valence-electron chi connectivity index (χ3n) is 6.21. The fourth-order valence-electron chi connectivity index (χ4n) is 4.99. The number of aryl methyl sites for hydroxylation is 1. The van der Waals surface area contributed by atoms with E-state index in [0.717, 1.165) is 29.5 Å². The second-order valence-electron chi connectivity index (χ2n) is 10.4. The van der Waals surface area contributed by atoms with E-state index in [2.05, 4.69) is 65.2 Å². The Bertz CT molecular complexity index is 1110. The average molecular weight is 466 g/mol. The van der Waals surface area contributed by atoms with Crippen LogP contribution in [0.4, 0.5) is 5.95 Å². The molecule has 1 N–H and O–H groups in total. The first-order valence-corrected chi connectivity index (χ1v) is 11.5. The third-order valence-corrected chi connectivity index (χ3v) is 6.21. The second-order valence-corrected chi connectivity index (χ2v) is 10.4. The number of methoxy groups -OCH3 is 1. The van der Waals surface area contributed by atoms with Crippen LogP contribution in [0.3, 0.4) is 0 Å². The summed E-state index contributed by atoms with van der Waals surface area (Å²) >= 11 is 0. The van der Waals surface area contributed by atoms with Crippen LogP contribution >= 0.6 is 0 Å². The van der Waals surface area contributed by atoms with Crippen molar-refractivity contribution in [2.24, 2.45) is 7.05 Å². The number of aromatic nitrogens is 5. The van der Waals surface area contributed by atoms with E-state index in [9.17, 15) is 0 Å². The molecule has 34 heavy (non-hydrogen) atoms. The number of benzene rings is 1. The van der Waals surface area contributed by atoms with Crippen molar-refractivity contribution in [2.45, 2.75) is 57.7 Å². The first-order chi connectivity index (χ1) is 16.1. The minimum atomic E-state index is 0.0393. The Labute approximate surface area is 201 Å². The van der Waals surface area contributed by atoms with Gasteiger partial charge in [0.1, 0.15) is 11.4 Å². The SMILES string of the molecule is COCOc1cc(-c2cnn(C)c2)ccc1-c1cnc(N(C)C2CC(C)(C)NC(C)(C)C2)nn1. The Morgan fingerprint density at radius 1 is 1.09 bits per heavy atom. The zero-order valence-corrected chi connectivity index (χ0v) is 21.2. The molecule has 1 aliphatic heterocycles. The van der Waals surface area contributed by atoms with Gasteiger partial charge in [-0.3, -0.25) is 4.68 Å². The highest BCUT2D eigenvalue weighted by atomic mass is 16.7. The number of piperidine rings is 1. The maximum absolute atomic E-state index is 5.87. The molecule has 0 spiro atoms. The van der Waals surface area contributed by atoms with Crippen molar-refractivity contribution >= 4 is 5.95 Å². The summed E-state index contributed by atoms with van der Waals surface area (Å²) in [4.78, 5) is 6.81. The van der Waals surface area contributed by atoms with Crippen molar-refractivity contribution in [3.63, 3.8) is 0 Å². The van der Waals surface area contributed by atoms with Crippen LogP contribution in [0.1, 0.15) is 40.5 Å². The molecule has 1 saturated heterocycles. The Balaban J connectivity index is 1.59. The van der Waals surface area contributed by atoms with Gasteiger partial charge in [0.15, 0.2) is 6.79 Å². The Morgan fingerprint density at radius 2 is 1.82 bits per heavy atom. The lowest BCUT2D eigenvalue weighted by Crippen LogP contribution is -2.62. The highest BCUT2D eigenvalue weighted by Gasteiger charge is 2.39. The summed E-state index contributed by atoms with van der Waals surface area (Å²) in [5.74, 6) is 1.27. The van der Waals surface area contributed by atoms with E-state index >= 15 is 0 Å². The molecule has 3 heterocycles. The topological polar surface area (TPSA) is 90.2 Å². The van der Waals surface area contributed by atoms with Gasteiger partial charge in [0.25, 0.3) is 0 Å². The molecular weight excluding hydrogens is 430 g/mol. The van der Waals surface area contributed by atoms with Gasteiger partial charge in [-0.2, -0.15) is 5.10 Å². The lowest BCUT2D eigenvalue weighted by Gasteiger charge is -2.48. The number of nitrogens with zero attached hydrogens (tertiary/aromatic N) is 6. The van der Waals surface area contributed by atoms with Crippen LogP contribution in [0.25, 0.3) is 22.4 Å². The van der Waals surface area contributed by atoms with Crippen molar-refractivity contribution in [2.75, 3.05) is 25.9 Å². The highest BCUT2D eigenvalue weighted by molar-refractivity contribution is 5.73. The van der Waals surface area contributed by atoms with Gasteiger partial charge < -0.3 is 19.7 Å². The van der Waals surface area contributed by atoms with Crippen LogP contribution < -0.4 is 15.0 Å². The number of hydrogen-bond donors (Lipinski definition) is 1. The standard InChI is InChI=1S/C25H35N7O2/c1-24(2)11-19(12-25(3,4)30-24)32(6)23-26-14-21(28-29-23)20-9-8-17(10-22(20)34-16-33-7)18-13-27-31(5)15-18/h8-10,13-15,19,30H,11-12,16H2,1-7H3. The van der Waals surface area contributed by atoms with E-state index in [1.54, 1.807) is 18.0 Å². The highest BCUT2D eigenvalue weighted by Crippen LogP contribution is 2.34. The van der Waals surface area contributed by atoms with Gasteiger partial charge in [0, 0.05) is 55.6 Å². The fraction of sp³-hybridized carbons (Fsp3) is 0.520. The zero-order chi connectivity index (χ0) is 24.5. The maximum atomic E-state index is 5.87. The Morgan fingerprint density at radius 3 is 2.41 bits per heavy atom. The van der Waals surface area contributed by atoms with E-state index in [4.69, 9.17) is 9.47 Å². The predicted octanol–water partition coefficient (Wildman–Crippen LogP) is 3.67. The maximum Gasteiger partial charge on any atom is 0.245 e. The smallest absolute Gasteiger partial charge is 0.245 e. The molecule has 0 radical (unpaired) electrons. The summed E-state index contributed by atoms with van der Waals surface area (Å²) in [6.07, 6.45) is 7.55. The lowest BCUT2D eigenvalue weighted by molar-refractivity contribution is 0.0515. The number of anilines is 1. The van der Waals surface area contributed by atoms with Gasteiger partial charge >= 0.3 is 0 Å². The average Bonchev–Trinajstić information content (AvgIpc) is 3.21. The van der Waals surface area contributed by atoms with Crippen LogP contribution in [0.15, 0.2) is 36.8 Å². The molecule has 0 unspecified atom stereocenters. The molecular formula is C25H35N7O2. The van der Waals surface area contributed by atoms with E-state index < -0.39 is 0 Å². The summed E-state index contributed by atoms with van der Waals surface area (Å²) in [5, 5.41) is 17.0. The molecule has 1 aliphatic rings. The molecule has 1 aromatic carbocycles. The van der Waals surface area contributed by atoms with Crippen LogP contribution in [-0.2, 0) is 11.8 Å². The lowest BCUT2D eigenvalue weighted by atomic mass is 9.79. The van der Waals surface area contributed by atoms with E-state index in [1.165, 1.54) is 0 Å². The van der Waals surface area contributed by atoms with Crippen molar-refractivity contribution in [1.82, 2.24) is 30.3 Å². The third kappa shape index (κ3) is 5.37. The molecule has 1 fully saturated rings. The summed E-state index contributed by atoms with van der Waals surface area (Å²) in [6, 6.07) is 6.28. The van der Waals surface area contributed by atoms with Crippen LogP contribution in [0.2, 0.25) is 0 Å². The van der Waals surface area contributed by atoms with Gasteiger partial charge in [-0.15, -0.1) is 10.2 Å². The normalized spacial score (nSPS) is 17.5. The molecule has 0 saturated carbocycles. The van der Waals surface area contributed by atoms with Crippen molar-refractivity contribution < 1.29 is 9.47 Å². The molecule has 0 aliphatic carbocycles. The minimum Gasteiger partial charge on any atom is -0.467 e. The Kier molecular flexibility index (Phi) is 6.60. The van der Waals surface area contributed by atoms with Crippen molar-refractivity contribution in [3.8, 4) is 28.1 Å². The summed E-state index contributed by atoms with van der Waals surface area (Å²) < 4.78 is 12.8. The molecule has 9 heteroatoms. The van der Waals surface area contributed by atoms with Crippen LogP contribution in [0.5, 0.6) is 5.75 Å². The summed E-state index contributed by atoms with van der Waals surface area (Å²) in [5.41, 5.74) is 3.53. The first kappa shape index (κ1) is 24.1. The summed E-state index contributed by atoms with van der Waals surface area (Å²) in [7, 11) is 5.54. The zero-order valence-electron chi connectivity index (χ0n) is 21.2. The fourth-order valence-corrected chi connectivity index (χ4v) is 4.99. The van der Waals surface area contributed by atoms with Crippen LogP contribution in [0, 0.1) is 0 Å². The number of ether oxygens (including phenoxy) is 2. The molecule has 3 aromatic rings. The second kappa shape index (κ2) is 9.31. The monoisotopic (exact) mass is 465 g/mol. The molecule has 0 atom stereocenters. The molecule has 0 amide bonds. The molecule has 9 nitrogen and oxygen atoms in total.